The summed E-state index contributed by atoms with van der Waals surface area (Å²) in [6.45, 7) is 3.94. The van der Waals surface area contributed by atoms with E-state index < -0.39 is 6.29 Å². The summed E-state index contributed by atoms with van der Waals surface area (Å²) in [6.07, 6.45) is 1.39. The molecular formula is C17H24Cl2F2N2O2. The number of halogens is 4. The van der Waals surface area contributed by atoms with E-state index in [0.717, 1.165) is 31.7 Å². The van der Waals surface area contributed by atoms with Crippen molar-refractivity contribution in [3.63, 3.8) is 0 Å². The average molecular weight is 397 g/mol. The third-order valence-electron chi connectivity index (χ3n) is 5.16. The lowest BCUT2D eigenvalue weighted by molar-refractivity contribution is -0.286. The summed E-state index contributed by atoms with van der Waals surface area (Å²) in [5.41, 5.74) is 1.07. The fraction of sp³-hybridized carbons (Fsp3) is 0.647. The molecule has 1 N–H and O–H groups in total. The van der Waals surface area contributed by atoms with Crippen LogP contribution in [0.1, 0.15) is 37.3 Å². The molecule has 2 fully saturated rings. The second kappa shape index (κ2) is 8.25. The van der Waals surface area contributed by atoms with Gasteiger partial charge < -0.3 is 14.8 Å². The van der Waals surface area contributed by atoms with Crippen LogP contribution in [0.25, 0.3) is 0 Å². The van der Waals surface area contributed by atoms with Gasteiger partial charge in [-0.2, -0.15) is 0 Å². The lowest BCUT2D eigenvalue weighted by atomic mass is 9.89. The minimum Gasteiger partial charge on any atom is -0.395 e. The predicted molar refractivity (Wildman–Crippen MR) is 96.3 cm³/mol. The maximum Gasteiger partial charge on any atom is 0.586 e. The lowest BCUT2D eigenvalue weighted by Gasteiger charge is -2.38. The molecule has 0 bridgehead atoms. The third-order valence-corrected chi connectivity index (χ3v) is 5.16. The van der Waals surface area contributed by atoms with Crippen molar-refractivity contribution >= 4 is 24.8 Å². The van der Waals surface area contributed by atoms with E-state index in [1.54, 1.807) is 12.1 Å². The van der Waals surface area contributed by atoms with Crippen LogP contribution >= 0.6 is 24.8 Å². The Morgan fingerprint density at radius 2 is 1.68 bits per heavy atom. The Hall–Kier alpha value is -0.820. The number of benzene rings is 1. The van der Waals surface area contributed by atoms with Crippen molar-refractivity contribution in [1.29, 1.82) is 0 Å². The van der Waals surface area contributed by atoms with Crippen LogP contribution in [0.5, 0.6) is 11.5 Å². The predicted octanol–water partition coefficient (Wildman–Crippen LogP) is 3.99. The molecule has 8 heteroatoms. The van der Waals surface area contributed by atoms with E-state index in [0.29, 0.717) is 5.92 Å². The Bertz CT molecular complexity index is 580. The maximum absolute atomic E-state index is 13.3. The smallest absolute Gasteiger partial charge is 0.395 e. The molecule has 3 aliphatic rings. The molecule has 2 heterocycles. The summed E-state index contributed by atoms with van der Waals surface area (Å²) in [7, 11) is 0. The molecule has 1 atom stereocenters. The molecular weight excluding hydrogens is 373 g/mol. The zero-order chi connectivity index (χ0) is 15.9. The van der Waals surface area contributed by atoms with E-state index in [1.807, 2.05) is 6.07 Å². The molecule has 1 aromatic rings. The fourth-order valence-electron chi connectivity index (χ4n) is 4.16. The first kappa shape index (κ1) is 20.5. The van der Waals surface area contributed by atoms with Crippen LogP contribution in [0, 0.1) is 5.92 Å². The molecule has 0 aromatic heterocycles. The van der Waals surface area contributed by atoms with Crippen molar-refractivity contribution in [1.82, 2.24) is 10.2 Å². The van der Waals surface area contributed by atoms with Crippen molar-refractivity contribution in [2.75, 3.05) is 26.2 Å². The van der Waals surface area contributed by atoms with Crippen molar-refractivity contribution in [3.8, 4) is 11.5 Å². The van der Waals surface area contributed by atoms with Crippen LogP contribution in [0.3, 0.4) is 0 Å². The zero-order valence-electron chi connectivity index (χ0n) is 13.9. The fourth-order valence-corrected chi connectivity index (χ4v) is 4.16. The summed E-state index contributed by atoms with van der Waals surface area (Å²) in [6, 6.07) is 5.58. The molecule has 2 aliphatic heterocycles. The molecule has 0 radical (unpaired) electrons. The second-order valence-electron chi connectivity index (χ2n) is 6.65. The first-order chi connectivity index (χ1) is 11.1. The van der Waals surface area contributed by atoms with Gasteiger partial charge in [-0.25, -0.2) is 0 Å². The van der Waals surface area contributed by atoms with Crippen LogP contribution in [0.15, 0.2) is 18.2 Å². The van der Waals surface area contributed by atoms with Gasteiger partial charge in [0.25, 0.3) is 0 Å². The highest BCUT2D eigenvalue weighted by molar-refractivity contribution is 5.85. The minimum absolute atomic E-state index is 0. The zero-order valence-corrected chi connectivity index (χ0v) is 15.5. The molecule has 1 aromatic carbocycles. The van der Waals surface area contributed by atoms with E-state index in [2.05, 4.69) is 19.7 Å². The molecule has 1 saturated heterocycles. The Morgan fingerprint density at radius 1 is 1.04 bits per heavy atom. The van der Waals surface area contributed by atoms with Crippen molar-refractivity contribution in [2.24, 2.45) is 5.92 Å². The Balaban J connectivity index is 0.00000113. The van der Waals surface area contributed by atoms with Crippen LogP contribution in [0.2, 0.25) is 0 Å². The molecule has 0 unspecified atom stereocenters. The lowest BCUT2D eigenvalue weighted by Crippen LogP contribution is -2.46. The van der Waals surface area contributed by atoms with Crippen molar-refractivity contribution in [2.45, 2.75) is 38.0 Å². The van der Waals surface area contributed by atoms with E-state index in [9.17, 15) is 8.78 Å². The van der Waals surface area contributed by atoms with Gasteiger partial charge in [0.05, 0.1) is 0 Å². The van der Waals surface area contributed by atoms with Gasteiger partial charge in [-0.3, -0.25) is 4.90 Å². The number of hydrogen-bond acceptors (Lipinski definition) is 4. The molecule has 1 saturated carbocycles. The Morgan fingerprint density at radius 3 is 2.36 bits per heavy atom. The number of ether oxygens (including phenoxy) is 2. The summed E-state index contributed by atoms with van der Waals surface area (Å²) in [5.74, 6) is 0.879. The van der Waals surface area contributed by atoms with Crippen molar-refractivity contribution in [3.05, 3.63) is 23.8 Å². The topological polar surface area (TPSA) is 33.7 Å². The first-order valence-electron chi connectivity index (χ1n) is 8.47. The highest BCUT2D eigenvalue weighted by atomic mass is 35.5. The van der Waals surface area contributed by atoms with Crippen LogP contribution < -0.4 is 14.8 Å². The number of nitrogens with one attached hydrogen (secondary N) is 1. The highest BCUT2D eigenvalue weighted by Crippen LogP contribution is 2.45. The van der Waals surface area contributed by atoms with E-state index in [1.165, 1.54) is 25.7 Å². The Labute approximate surface area is 159 Å². The van der Waals surface area contributed by atoms with Gasteiger partial charge in [0.15, 0.2) is 11.5 Å². The number of rotatable bonds is 3. The quantitative estimate of drug-likeness (QED) is 0.837. The van der Waals surface area contributed by atoms with Gasteiger partial charge in [0, 0.05) is 32.2 Å². The molecule has 0 spiro atoms. The van der Waals surface area contributed by atoms with E-state index >= 15 is 0 Å². The SMILES string of the molecule is Cl.Cl.FC1(F)Oc2ccc([C@@H](C3CCCC3)N3CCNCC3)cc2O1. The number of hydrogen-bond donors (Lipinski definition) is 1. The van der Waals surface area contributed by atoms with Gasteiger partial charge in [-0.1, -0.05) is 18.9 Å². The number of piperazine rings is 1. The summed E-state index contributed by atoms with van der Waals surface area (Å²) >= 11 is 0. The first-order valence-corrected chi connectivity index (χ1v) is 8.47. The number of fused-ring (bicyclic) bond motifs is 1. The molecule has 4 nitrogen and oxygen atoms in total. The molecule has 0 amide bonds. The molecule has 142 valence electrons. The maximum atomic E-state index is 13.3. The number of alkyl halides is 2. The molecule has 1 aliphatic carbocycles. The van der Waals surface area contributed by atoms with Gasteiger partial charge in [-0.05, 0) is 36.5 Å². The molecule has 4 rings (SSSR count). The summed E-state index contributed by atoms with van der Waals surface area (Å²) in [5, 5.41) is 3.38. The van der Waals surface area contributed by atoms with Gasteiger partial charge >= 0.3 is 6.29 Å². The third kappa shape index (κ3) is 4.30. The van der Waals surface area contributed by atoms with Gasteiger partial charge in [-0.15, -0.1) is 33.6 Å². The summed E-state index contributed by atoms with van der Waals surface area (Å²) < 4.78 is 35.7. The van der Waals surface area contributed by atoms with E-state index in [4.69, 9.17) is 0 Å². The average Bonchev–Trinajstić information content (AvgIpc) is 3.14. The largest absolute Gasteiger partial charge is 0.586 e. The highest BCUT2D eigenvalue weighted by Gasteiger charge is 2.44. The second-order valence-corrected chi connectivity index (χ2v) is 6.65. The minimum atomic E-state index is -3.54. The van der Waals surface area contributed by atoms with Gasteiger partial charge in [0.2, 0.25) is 0 Å². The standard InChI is InChI=1S/C17H22F2N2O2.2ClH/c18-17(19)22-14-6-5-13(11-15(14)23-17)16(12-3-1-2-4-12)21-9-7-20-8-10-21;;/h5-6,11-12,16,20H,1-4,7-10H2;2*1H/t16-;;/m1../s1. The molecule has 25 heavy (non-hydrogen) atoms. The van der Waals surface area contributed by atoms with Crippen molar-refractivity contribution < 1.29 is 18.3 Å². The van der Waals surface area contributed by atoms with Crippen LogP contribution in [0.4, 0.5) is 8.78 Å². The van der Waals surface area contributed by atoms with Crippen LogP contribution in [-0.4, -0.2) is 37.4 Å². The monoisotopic (exact) mass is 396 g/mol. The number of nitrogens with zero attached hydrogens (tertiary/aromatic N) is 1. The Kier molecular flexibility index (Phi) is 6.76. The normalized spacial score (nSPS) is 23.6. The van der Waals surface area contributed by atoms with E-state index in [-0.39, 0.29) is 42.4 Å². The van der Waals surface area contributed by atoms with Crippen LogP contribution in [-0.2, 0) is 0 Å². The van der Waals surface area contributed by atoms with Gasteiger partial charge in [0.1, 0.15) is 0 Å². The summed E-state index contributed by atoms with van der Waals surface area (Å²) in [4.78, 5) is 2.49.